The molecule has 0 saturated heterocycles. The Bertz CT molecular complexity index is 1400. The molecule has 2 aromatic carbocycles. The third-order valence-electron chi connectivity index (χ3n) is 4.83. The summed E-state index contributed by atoms with van der Waals surface area (Å²) in [6.07, 6.45) is 0. The van der Waals surface area contributed by atoms with Crippen molar-refractivity contribution < 1.29 is 158 Å². The molecule has 0 unspecified atom stereocenters. The van der Waals surface area contributed by atoms with Gasteiger partial charge in [0.05, 0.1) is 18.5 Å². The van der Waals surface area contributed by atoms with Gasteiger partial charge < -0.3 is 39.5 Å². The molecule has 156 valence electrons. The second kappa shape index (κ2) is 14.7. The van der Waals surface area contributed by atoms with Crippen LogP contribution < -0.4 is 144 Å². The van der Waals surface area contributed by atoms with Crippen LogP contribution in [0.3, 0.4) is 0 Å². The summed E-state index contributed by atoms with van der Waals surface area (Å²) in [6, 6.07) is 9.64. The molecule has 0 saturated carbocycles. The summed E-state index contributed by atoms with van der Waals surface area (Å²) >= 11 is 0. The molecule has 0 aromatic heterocycles. The van der Waals surface area contributed by atoms with E-state index in [-0.39, 0.29) is 157 Å². The molecule has 0 fully saturated rings. The number of carboxylic acids is 2. The molecule has 0 atom stereocenters. The van der Waals surface area contributed by atoms with Crippen molar-refractivity contribution in [1.82, 2.24) is 0 Å². The van der Waals surface area contributed by atoms with Gasteiger partial charge in [-0.3, -0.25) is 4.79 Å². The van der Waals surface area contributed by atoms with E-state index in [2.05, 4.69) is 4.89 Å². The van der Waals surface area contributed by atoms with Crippen LogP contribution in [0.2, 0.25) is 0 Å². The number of rotatable bonds is 5. The van der Waals surface area contributed by atoms with Crippen molar-refractivity contribution >= 4 is 22.9 Å². The molecular weight excluding hydrogens is 500 g/mol. The third-order valence-corrected chi connectivity index (χ3v) is 4.83. The zero-order valence-corrected chi connectivity index (χ0v) is 27.5. The number of carboxylic acid groups (broad SMARTS) is 2. The Balaban J connectivity index is 0.00000289. The number of hydrogen-bond donors (Lipinski definition) is 0. The van der Waals surface area contributed by atoms with Crippen LogP contribution in [-0.2, 0) is 11.5 Å². The van der Waals surface area contributed by atoms with Crippen molar-refractivity contribution in [2.75, 3.05) is 0 Å². The molecule has 13 heteroatoms. The van der Waals surface area contributed by atoms with Crippen molar-refractivity contribution in [3.63, 3.8) is 0 Å². The van der Waals surface area contributed by atoms with Crippen LogP contribution in [0, 0.1) is 0 Å². The Kier molecular flexibility index (Phi) is 14.6. The number of carbonyl (C=O) groups is 2. The molecule has 0 N–H and O–H groups in total. The van der Waals surface area contributed by atoms with Gasteiger partial charge in [0.2, 0.25) is 0 Å². The number of carbonyl (C=O) groups excluding carboxylic acids is 2. The topological polar surface area (TPSA) is 166 Å². The van der Waals surface area contributed by atoms with Gasteiger partial charge in [0.1, 0.15) is 11.3 Å². The summed E-state index contributed by atoms with van der Waals surface area (Å²) in [5, 5.41) is 46.2. The zero-order valence-electron chi connectivity index (χ0n) is 19.5. The summed E-state index contributed by atoms with van der Waals surface area (Å²) < 4.78 is 5.67. The van der Waals surface area contributed by atoms with Gasteiger partial charge in [-0.05, 0) is 41.5 Å². The van der Waals surface area contributed by atoms with Crippen LogP contribution >= 0.6 is 0 Å². The SMILES string of the molecule is O=C([O-])c1cc(C(=O)[O-])c(-c2c3ccc(=O)cc-3oc3cc([O-])ccc23)cc1CO[O-].[Na+].[Na+].[Na+].[Na+]. The van der Waals surface area contributed by atoms with Crippen LogP contribution in [0.15, 0.2) is 57.7 Å². The maximum atomic E-state index is 11.9. The van der Waals surface area contributed by atoms with Crippen molar-refractivity contribution in [3.05, 3.63) is 75.4 Å². The van der Waals surface area contributed by atoms with Gasteiger partial charge >= 0.3 is 118 Å². The molecule has 2 aliphatic rings. The van der Waals surface area contributed by atoms with E-state index in [0.29, 0.717) is 10.9 Å². The zero-order chi connectivity index (χ0) is 22.3. The molecule has 2 aromatic rings. The average Bonchev–Trinajstić information content (AvgIpc) is 2.71. The number of hydrogen-bond acceptors (Lipinski definition) is 9. The van der Waals surface area contributed by atoms with E-state index < -0.39 is 29.7 Å². The third kappa shape index (κ3) is 7.22. The molecule has 1 aliphatic heterocycles. The first-order valence-corrected chi connectivity index (χ1v) is 8.82. The normalized spacial score (nSPS) is 9.86. The van der Waals surface area contributed by atoms with E-state index in [1.165, 1.54) is 42.5 Å². The average molecular weight is 510 g/mol. The fourth-order valence-electron chi connectivity index (χ4n) is 3.53. The molecule has 9 nitrogen and oxygen atoms in total. The first-order chi connectivity index (χ1) is 14.8. The number of aromatic carboxylic acids is 2. The first-order valence-electron chi connectivity index (χ1n) is 8.82. The summed E-state index contributed by atoms with van der Waals surface area (Å²) in [5.74, 6) is -3.69. The van der Waals surface area contributed by atoms with E-state index in [0.717, 1.165) is 6.07 Å². The summed E-state index contributed by atoms with van der Waals surface area (Å²) in [4.78, 5) is 39.0. The molecular formula is C22H10Na4O9. The van der Waals surface area contributed by atoms with Gasteiger partial charge in [-0.25, -0.2) is 0 Å². The second-order valence-corrected chi connectivity index (χ2v) is 6.69. The van der Waals surface area contributed by atoms with Crippen LogP contribution in [0.25, 0.3) is 33.4 Å². The molecule has 0 bridgehead atoms. The molecule has 0 amide bonds. The number of benzene rings is 3. The van der Waals surface area contributed by atoms with E-state index in [4.69, 9.17) is 4.42 Å². The predicted octanol–water partition coefficient (Wildman–Crippen LogP) is -12.8. The maximum absolute atomic E-state index is 11.9. The number of fused-ring (bicyclic) bond motifs is 2. The standard InChI is InChI=1S/C22H14O9.4Na/c23-11-1-3-13-18(6-11)31-19-7-12(24)2-4-14(19)20(13)16-5-10(9-30-29)15(21(25)26)8-17(16)22(27)28;;;;/h1-8,23,29H,9H2,(H,25,26)(H,27,28);;;;/q;4*+1/p-4. The summed E-state index contributed by atoms with van der Waals surface area (Å²) in [6.45, 7) is -0.674. The van der Waals surface area contributed by atoms with Gasteiger partial charge in [0.15, 0.2) is 5.43 Å². The van der Waals surface area contributed by atoms with Crippen molar-refractivity contribution in [2.45, 2.75) is 6.61 Å². The van der Waals surface area contributed by atoms with E-state index in [9.17, 15) is 35.0 Å². The fourth-order valence-corrected chi connectivity index (χ4v) is 3.53. The van der Waals surface area contributed by atoms with Crippen molar-refractivity contribution in [2.24, 2.45) is 0 Å². The minimum atomic E-state index is -1.70. The molecule has 4 rings (SSSR count). The molecule has 0 radical (unpaired) electrons. The Morgan fingerprint density at radius 1 is 0.829 bits per heavy atom. The Hall–Kier alpha value is -0.210. The smallest absolute Gasteiger partial charge is 0.872 e. The van der Waals surface area contributed by atoms with Gasteiger partial charge in [-0.15, -0.1) is 5.75 Å². The quantitative estimate of drug-likeness (QED) is 0.110. The molecule has 0 spiro atoms. The minimum absolute atomic E-state index is 0. The van der Waals surface area contributed by atoms with Crippen LogP contribution in [0.4, 0.5) is 0 Å². The molecule has 1 aliphatic carbocycles. The molecule has 1 heterocycles. The van der Waals surface area contributed by atoms with Crippen molar-refractivity contribution in [3.8, 4) is 28.2 Å². The van der Waals surface area contributed by atoms with Gasteiger partial charge in [-0.1, -0.05) is 12.1 Å². The Morgan fingerprint density at radius 2 is 1.49 bits per heavy atom. The van der Waals surface area contributed by atoms with E-state index in [1.807, 2.05) is 0 Å². The van der Waals surface area contributed by atoms with Crippen LogP contribution in [-0.4, -0.2) is 11.9 Å². The first kappa shape index (κ1) is 34.8. The largest absolute Gasteiger partial charge is 1.00 e. The van der Waals surface area contributed by atoms with Gasteiger partial charge in [0, 0.05) is 33.7 Å². The summed E-state index contributed by atoms with van der Waals surface area (Å²) in [5.41, 5.74) is -0.922. The fraction of sp³-hybridized carbons (Fsp3) is 0.0455. The van der Waals surface area contributed by atoms with E-state index >= 15 is 0 Å². The Morgan fingerprint density at radius 3 is 2.09 bits per heavy atom. The van der Waals surface area contributed by atoms with Crippen molar-refractivity contribution in [1.29, 1.82) is 0 Å². The molecule has 35 heavy (non-hydrogen) atoms. The van der Waals surface area contributed by atoms with Gasteiger partial charge in [0.25, 0.3) is 0 Å². The van der Waals surface area contributed by atoms with Gasteiger partial charge in [-0.2, -0.15) is 0 Å². The predicted molar refractivity (Wildman–Crippen MR) is 97.4 cm³/mol. The summed E-state index contributed by atoms with van der Waals surface area (Å²) in [7, 11) is 0. The van der Waals surface area contributed by atoms with Crippen LogP contribution in [0.5, 0.6) is 5.75 Å². The monoisotopic (exact) mass is 510 g/mol. The minimum Gasteiger partial charge on any atom is -0.872 e. The maximum Gasteiger partial charge on any atom is 1.00 e. The van der Waals surface area contributed by atoms with Crippen LogP contribution in [0.1, 0.15) is 26.3 Å². The Labute approximate surface area is 286 Å². The van der Waals surface area contributed by atoms with E-state index in [1.54, 1.807) is 0 Å². The second-order valence-electron chi connectivity index (χ2n) is 6.69.